The minimum Gasteiger partial charge on any atom is -0.479 e. The number of aliphatic hydroxyl groups excluding tert-OH is 1. The van der Waals surface area contributed by atoms with Gasteiger partial charge >= 0.3 is 29.8 Å². The van der Waals surface area contributed by atoms with E-state index >= 15 is 0 Å². The second-order valence-corrected chi connectivity index (χ2v) is 14.9. The van der Waals surface area contributed by atoms with Crippen LogP contribution in [0.15, 0.2) is 85.0 Å². The number of allylic oxidation sites excluding steroid dienone is 1. The summed E-state index contributed by atoms with van der Waals surface area (Å²) in [6.07, 6.45) is -4.44. The number of carboxylic acids is 2. The molecule has 0 spiro atoms. The van der Waals surface area contributed by atoms with Gasteiger partial charge in [-0.2, -0.15) is 0 Å². The molecule has 2 aliphatic rings. The molecule has 56 heavy (non-hydrogen) atoms. The minimum absolute atomic E-state index is 0.121. The topological polar surface area (TPSA) is 212 Å². The number of carbonyl (C=O) groups is 5. The Balaban J connectivity index is 1.75. The van der Waals surface area contributed by atoms with Crippen molar-refractivity contribution in [1.29, 1.82) is 0 Å². The summed E-state index contributed by atoms with van der Waals surface area (Å²) < 4.78 is 28.3. The van der Waals surface area contributed by atoms with E-state index in [-0.39, 0.29) is 23.8 Å². The molecule has 2 bridgehead atoms. The maximum absolute atomic E-state index is 13.8. The SMILES string of the molecule is C=C(CC[C@@]12O[C@H](C(=O)OCc3ccccc3)[C@@](O)(C(=O)O)[C@@](C(=O)O)(O1)[C@H](OC(=O)/C=C/[C@@H](C)C[C@@H](C)CC)[C@H]2O)C(OC(C)=O)[C@H](C)Cc1ccccc1. The maximum atomic E-state index is 13.8. The molecule has 2 heterocycles. The highest BCUT2D eigenvalue weighted by Gasteiger charge is 2.86. The van der Waals surface area contributed by atoms with E-state index in [9.17, 15) is 44.4 Å². The number of fused-ring (bicyclic) bond motifs is 2. The summed E-state index contributed by atoms with van der Waals surface area (Å²) >= 11 is 0. The van der Waals surface area contributed by atoms with Crippen LogP contribution in [-0.2, 0) is 60.7 Å². The highest BCUT2D eigenvalue weighted by atomic mass is 16.8. The summed E-state index contributed by atoms with van der Waals surface area (Å²) in [5, 5.41) is 45.2. The predicted molar refractivity (Wildman–Crippen MR) is 199 cm³/mol. The van der Waals surface area contributed by atoms with Crippen molar-refractivity contribution in [2.45, 2.75) is 115 Å². The number of hydrogen-bond acceptors (Lipinski definition) is 12. The lowest BCUT2D eigenvalue weighted by molar-refractivity contribution is -0.374. The van der Waals surface area contributed by atoms with Crippen LogP contribution in [-0.4, -0.2) is 91.7 Å². The average Bonchev–Trinajstić information content (AvgIpc) is 3.38. The smallest absolute Gasteiger partial charge is 0.344 e. The third-order valence-electron chi connectivity index (χ3n) is 10.5. The Morgan fingerprint density at radius 2 is 1.55 bits per heavy atom. The molecule has 4 rings (SSSR count). The number of benzene rings is 2. The first kappa shape index (κ1) is 43.8. The van der Waals surface area contributed by atoms with Gasteiger partial charge in [-0.15, -0.1) is 0 Å². The summed E-state index contributed by atoms with van der Waals surface area (Å²) in [5.41, 5.74) is -5.66. The third-order valence-corrected chi connectivity index (χ3v) is 10.5. The number of rotatable bonds is 19. The summed E-state index contributed by atoms with van der Waals surface area (Å²) in [6, 6.07) is 17.6. The number of carboxylic acid groups (broad SMARTS) is 2. The van der Waals surface area contributed by atoms with Gasteiger partial charge in [0.2, 0.25) is 23.1 Å². The Hall–Kier alpha value is -4.89. The first-order valence-electron chi connectivity index (χ1n) is 18.6. The van der Waals surface area contributed by atoms with Crippen molar-refractivity contribution >= 4 is 29.8 Å². The highest BCUT2D eigenvalue weighted by Crippen LogP contribution is 2.56. The molecule has 2 fully saturated rings. The van der Waals surface area contributed by atoms with Crippen LogP contribution in [0.1, 0.15) is 71.4 Å². The van der Waals surface area contributed by atoms with E-state index in [1.165, 1.54) is 13.0 Å². The molecule has 14 heteroatoms. The molecule has 2 aromatic carbocycles. The van der Waals surface area contributed by atoms with E-state index in [4.69, 9.17) is 23.7 Å². The van der Waals surface area contributed by atoms with Crippen molar-refractivity contribution in [3.8, 4) is 0 Å². The highest BCUT2D eigenvalue weighted by molar-refractivity contribution is 5.98. The summed E-state index contributed by atoms with van der Waals surface area (Å²) in [4.78, 5) is 65.8. The molecule has 0 radical (unpaired) electrons. The van der Waals surface area contributed by atoms with Gasteiger partial charge in [0.25, 0.3) is 0 Å². The molecule has 2 saturated heterocycles. The molecule has 0 saturated carbocycles. The molecular formula is C42H52O14. The molecule has 2 aromatic rings. The van der Waals surface area contributed by atoms with Crippen LogP contribution >= 0.6 is 0 Å². The summed E-state index contributed by atoms with van der Waals surface area (Å²) in [7, 11) is 0. The van der Waals surface area contributed by atoms with Gasteiger partial charge in [0.15, 0.2) is 6.10 Å². The molecule has 0 aromatic heterocycles. The van der Waals surface area contributed by atoms with E-state index in [2.05, 4.69) is 6.58 Å². The number of esters is 3. The molecule has 304 valence electrons. The van der Waals surface area contributed by atoms with Crippen LogP contribution < -0.4 is 0 Å². The van der Waals surface area contributed by atoms with Crippen molar-refractivity contribution < 1.29 is 68.1 Å². The van der Waals surface area contributed by atoms with Crippen LogP contribution in [0.3, 0.4) is 0 Å². The van der Waals surface area contributed by atoms with Crippen molar-refractivity contribution in [3.05, 3.63) is 96.1 Å². The van der Waals surface area contributed by atoms with Crippen LogP contribution in [0.4, 0.5) is 0 Å². The Kier molecular flexibility index (Phi) is 14.4. The van der Waals surface area contributed by atoms with Crippen LogP contribution in [0, 0.1) is 17.8 Å². The first-order chi connectivity index (χ1) is 26.4. The minimum atomic E-state index is -3.83. The van der Waals surface area contributed by atoms with E-state index in [1.54, 1.807) is 30.3 Å². The molecule has 4 N–H and O–H groups in total. The molecule has 10 atom stereocenters. The maximum Gasteiger partial charge on any atom is 0.344 e. The number of aliphatic hydroxyl groups is 2. The Labute approximate surface area is 326 Å². The Bertz CT molecular complexity index is 1760. The van der Waals surface area contributed by atoms with Gasteiger partial charge in [-0.1, -0.05) is 107 Å². The first-order valence-corrected chi connectivity index (χ1v) is 18.6. The normalized spacial score (nSPS) is 27.7. The van der Waals surface area contributed by atoms with Gasteiger partial charge in [-0.05, 0) is 47.8 Å². The van der Waals surface area contributed by atoms with Gasteiger partial charge in [0.1, 0.15) is 18.8 Å². The molecule has 0 aliphatic carbocycles. The summed E-state index contributed by atoms with van der Waals surface area (Å²) in [5.74, 6) is -10.5. The fraction of sp³-hybridized carbons (Fsp3) is 0.500. The fourth-order valence-electron chi connectivity index (χ4n) is 7.38. The summed E-state index contributed by atoms with van der Waals surface area (Å²) in [6.45, 7) is 12.6. The van der Waals surface area contributed by atoms with Gasteiger partial charge in [0, 0.05) is 25.3 Å². The van der Waals surface area contributed by atoms with Crippen molar-refractivity contribution in [3.63, 3.8) is 0 Å². The van der Waals surface area contributed by atoms with E-state index in [0.29, 0.717) is 24.3 Å². The molecule has 1 unspecified atom stereocenters. The van der Waals surface area contributed by atoms with Gasteiger partial charge in [-0.25, -0.2) is 19.2 Å². The molecule has 0 amide bonds. The fourth-order valence-corrected chi connectivity index (χ4v) is 7.38. The average molecular weight is 781 g/mol. The monoisotopic (exact) mass is 780 g/mol. The zero-order chi connectivity index (χ0) is 41.4. The van der Waals surface area contributed by atoms with E-state index < -0.39 is 84.3 Å². The molecular weight excluding hydrogens is 728 g/mol. The van der Waals surface area contributed by atoms with E-state index in [0.717, 1.165) is 18.1 Å². The Morgan fingerprint density at radius 3 is 2.11 bits per heavy atom. The lowest BCUT2D eigenvalue weighted by Gasteiger charge is -2.49. The predicted octanol–water partition coefficient (Wildman–Crippen LogP) is 4.54. The number of ether oxygens (including phenoxy) is 5. The number of carbonyl (C=O) groups excluding carboxylic acids is 3. The molecule has 2 aliphatic heterocycles. The van der Waals surface area contributed by atoms with Crippen molar-refractivity contribution in [2.75, 3.05) is 0 Å². The lowest BCUT2D eigenvalue weighted by atomic mass is 9.74. The van der Waals surface area contributed by atoms with Gasteiger partial charge < -0.3 is 44.1 Å². The molecule has 14 nitrogen and oxygen atoms in total. The second-order valence-electron chi connectivity index (χ2n) is 14.9. The Morgan fingerprint density at radius 1 is 0.946 bits per heavy atom. The van der Waals surface area contributed by atoms with Crippen LogP contribution in [0.2, 0.25) is 0 Å². The van der Waals surface area contributed by atoms with Crippen molar-refractivity contribution in [1.82, 2.24) is 0 Å². The number of aliphatic carboxylic acids is 2. The van der Waals surface area contributed by atoms with Crippen LogP contribution in [0.25, 0.3) is 0 Å². The van der Waals surface area contributed by atoms with Gasteiger partial charge in [0.05, 0.1) is 0 Å². The largest absolute Gasteiger partial charge is 0.479 e. The van der Waals surface area contributed by atoms with E-state index in [1.807, 2.05) is 58.0 Å². The zero-order valence-corrected chi connectivity index (χ0v) is 32.3. The lowest BCUT2D eigenvalue weighted by Crippen LogP contribution is -2.78. The third kappa shape index (κ3) is 9.21. The van der Waals surface area contributed by atoms with Crippen LogP contribution in [0.5, 0.6) is 0 Å². The second kappa shape index (κ2) is 18.4. The zero-order valence-electron chi connectivity index (χ0n) is 32.3. The standard InChI is InChI=1S/C42H52O14/c1-7-25(2)22-26(3)18-19-32(44)54-35-34(45)40(21-20-27(4)33(53-29(6)43)28(5)23-30-14-10-8-11-15-30)55-36(37(46)52-24-31-16-12-9-13-17-31)41(51,38(47)48)42(35,56-40)39(49)50/h8-19,25-26,28,33-36,45,51H,4,7,20-24H2,1-3,5-6H3,(H,47,48)(H,49,50)/b19-18+/t25-,26+,28+,33?,34+,35+,36+,40+,41+,42+/m0/s1. The van der Waals surface area contributed by atoms with Crippen molar-refractivity contribution in [2.24, 2.45) is 17.8 Å². The quantitative estimate of drug-likeness (QED) is 0.0667. The van der Waals surface area contributed by atoms with Gasteiger partial charge in [-0.3, -0.25) is 4.79 Å². The number of hydrogen-bond donors (Lipinski definition) is 4.